The van der Waals surface area contributed by atoms with Crippen molar-refractivity contribution in [2.24, 2.45) is 0 Å². The van der Waals surface area contributed by atoms with Gasteiger partial charge in [0.25, 0.3) is 0 Å². The van der Waals surface area contributed by atoms with Crippen molar-refractivity contribution >= 4 is 23.6 Å². The number of amides is 1. The summed E-state index contributed by atoms with van der Waals surface area (Å²) in [6.07, 6.45) is 6.21. The first-order valence-electron chi connectivity index (χ1n) is 7.63. The molecule has 3 aliphatic heterocycles. The van der Waals surface area contributed by atoms with Crippen LogP contribution in [0, 0.1) is 0 Å². The molecule has 2 atom stereocenters. The summed E-state index contributed by atoms with van der Waals surface area (Å²) in [6.45, 7) is 4.71. The predicted octanol–water partition coefficient (Wildman–Crippen LogP) is 3.05. The monoisotopic (exact) mass is 304 g/mol. The predicted molar refractivity (Wildman–Crippen MR) is 86.3 cm³/mol. The summed E-state index contributed by atoms with van der Waals surface area (Å²) in [4.78, 5) is 16.3. The van der Waals surface area contributed by atoms with E-state index in [1.165, 1.54) is 12.0 Å². The maximum absolute atomic E-state index is 11.7. The van der Waals surface area contributed by atoms with Crippen LogP contribution in [0.1, 0.15) is 25.3 Å². The molecule has 0 aromatic heterocycles. The largest absolute Gasteiger partial charge is 0.340 e. The van der Waals surface area contributed by atoms with Crippen molar-refractivity contribution in [3.8, 4) is 0 Å². The molecule has 3 fully saturated rings. The average Bonchev–Trinajstić information content (AvgIpc) is 2.52. The van der Waals surface area contributed by atoms with E-state index in [2.05, 4.69) is 17.1 Å². The lowest BCUT2D eigenvalue weighted by Gasteiger charge is -2.56. The number of hydrogen-bond acceptors (Lipinski definition) is 2. The molecular weight excluding hydrogens is 284 g/mol. The van der Waals surface area contributed by atoms with Crippen molar-refractivity contribution < 1.29 is 4.79 Å². The highest BCUT2D eigenvalue weighted by Gasteiger charge is 2.44. The molecule has 3 aliphatic rings. The Morgan fingerprint density at radius 2 is 1.95 bits per heavy atom. The van der Waals surface area contributed by atoms with Crippen LogP contribution < -0.4 is 0 Å². The summed E-state index contributed by atoms with van der Waals surface area (Å²) in [7, 11) is 0. The second-order valence-corrected chi connectivity index (χ2v) is 6.28. The molecule has 2 unspecified atom stereocenters. The van der Waals surface area contributed by atoms with Gasteiger partial charge in [0.2, 0.25) is 5.91 Å². The molecule has 1 aromatic rings. The number of halogens is 1. The average molecular weight is 305 g/mol. The fraction of sp³-hybridized carbons (Fsp3) is 0.471. The third kappa shape index (κ3) is 3.14. The van der Waals surface area contributed by atoms with Crippen molar-refractivity contribution in [3.05, 3.63) is 40.9 Å². The summed E-state index contributed by atoms with van der Waals surface area (Å²) in [5.74, 6) is 0.293. The van der Waals surface area contributed by atoms with Crippen molar-refractivity contribution in [1.29, 1.82) is 0 Å². The summed E-state index contributed by atoms with van der Waals surface area (Å²) < 4.78 is 0. The second kappa shape index (κ2) is 6.20. The van der Waals surface area contributed by atoms with Gasteiger partial charge >= 0.3 is 0 Å². The summed E-state index contributed by atoms with van der Waals surface area (Å²) in [6, 6.07) is 8.97. The van der Waals surface area contributed by atoms with E-state index >= 15 is 0 Å². The summed E-state index contributed by atoms with van der Waals surface area (Å²) in [5, 5.41) is 0.769. The number of nitrogens with zero attached hydrogens (tertiary/aromatic N) is 2. The van der Waals surface area contributed by atoms with E-state index in [-0.39, 0.29) is 0 Å². The van der Waals surface area contributed by atoms with Gasteiger partial charge in [-0.05, 0) is 24.1 Å². The quantitative estimate of drug-likeness (QED) is 0.853. The SMILES string of the molecule is CCC(=O)N1CC2CC(C1)N2CC=Cc1ccc(Cl)cc1. The van der Waals surface area contributed by atoms with Crippen LogP contribution in [0.4, 0.5) is 0 Å². The van der Waals surface area contributed by atoms with Crippen LogP contribution in [0.15, 0.2) is 30.3 Å². The zero-order valence-corrected chi connectivity index (χ0v) is 13.1. The van der Waals surface area contributed by atoms with Gasteiger partial charge in [-0.15, -0.1) is 0 Å². The molecule has 0 radical (unpaired) electrons. The van der Waals surface area contributed by atoms with Gasteiger partial charge in [-0.3, -0.25) is 9.69 Å². The molecule has 4 heteroatoms. The van der Waals surface area contributed by atoms with Gasteiger partial charge in [0.05, 0.1) is 0 Å². The van der Waals surface area contributed by atoms with Crippen LogP contribution in [0.25, 0.3) is 6.08 Å². The Hall–Kier alpha value is -1.32. The molecule has 4 rings (SSSR count). The van der Waals surface area contributed by atoms with Gasteiger partial charge in [0, 0.05) is 43.2 Å². The van der Waals surface area contributed by atoms with Crippen LogP contribution in [0.2, 0.25) is 5.02 Å². The fourth-order valence-electron chi connectivity index (χ4n) is 3.30. The van der Waals surface area contributed by atoms with Crippen LogP contribution in [-0.4, -0.2) is 47.4 Å². The molecule has 0 spiro atoms. The molecule has 2 bridgehead atoms. The van der Waals surface area contributed by atoms with Crippen LogP contribution in [-0.2, 0) is 4.79 Å². The Kier molecular flexibility index (Phi) is 4.32. The van der Waals surface area contributed by atoms with Gasteiger partial charge in [-0.25, -0.2) is 0 Å². The van der Waals surface area contributed by atoms with Gasteiger partial charge < -0.3 is 4.90 Å². The van der Waals surface area contributed by atoms with E-state index < -0.39 is 0 Å². The lowest BCUT2D eigenvalue weighted by Crippen LogP contribution is -2.69. The minimum absolute atomic E-state index is 0.293. The fourth-order valence-corrected chi connectivity index (χ4v) is 3.42. The number of hydrogen-bond donors (Lipinski definition) is 0. The van der Waals surface area contributed by atoms with E-state index in [0.717, 1.165) is 24.7 Å². The zero-order chi connectivity index (χ0) is 14.8. The van der Waals surface area contributed by atoms with E-state index in [0.29, 0.717) is 24.4 Å². The normalized spacial score (nSPS) is 25.1. The van der Waals surface area contributed by atoms with E-state index in [9.17, 15) is 4.79 Å². The lowest BCUT2D eigenvalue weighted by atomic mass is 9.87. The molecule has 21 heavy (non-hydrogen) atoms. The first-order chi connectivity index (χ1) is 10.2. The molecule has 0 N–H and O–H groups in total. The maximum atomic E-state index is 11.7. The Morgan fingerprint density at radius 1 is 1.29 bits per heavy atom. The van der Waals surface area contributed by atoms with E-state index in [4.69, 9.17) is 11.6 Å². The molecule has 1 amide bonds. The Morgan fingerprint density at radius 3 is 2.57 bits per heavy atom. The van der Waals surface area contributed by atoms with Crippen molar-refractivity contribution in [1.82, 2.24) is 9.80 Å². The first kappa shape index (κ1) is 14.6. The third-order valence-corrected chi connectivity index (χ3v) is 4.75. The van der Waals surface area contributed by atoms with Crippen molar-refractivity contribution in [2.75, 3.05) is 19.6 Å². The van der Waals surface area contributed by atoms with Crippen molar-refractivity contribution in [3.63, 3.8) is 0 Å². The molecule has 112 valence electrons. The highest BCUT2D eigenvalue weighted by Crippen LogP contribution is 2.32. The highest BCUT2D eigenvalue weighted by molar-refractivity contribution is 6.30. The Bertz CT molecular complexity index is 528. The molecule has 1 aromatic carbocycles. The molecule has 3 heterocycles. The standard InChI is InChI=1S/C17H21ClN2O/c1-2-17(21)19-11-15-10-16(12-19)20(15)9-3-4-13-5-7-14(18)8-6-13/h3-8,15-16H,2,9-12H2,1H3. The minimum atomic E-state index is 0.293. The number of fused-ring (bicyclic) bond motifs is 2. The number of carbonyl (C=O) groups is 1. The first-order valence-corrected chi connectivity index (χ1v) is 8.01. The molecule has 0 saturated carbocycles. The summed E-state index contributed by atoms with van der Waals surface area (Å²) in [5.41, 5.74) is 1.17. The Labute approximate surface area is 131 Å². The lowest BCUT2D eigenvalue weighted by molar-refractivity contribution is -0.142. The highest BCUT2D eigenvalue weighted by atomic mass is 35.5. The minimum Gasteiger partial charge on any atom is -0.340 e. The summed E-state index contributed by atoms with van der Waals surface area (Å²) >= 11 is 5.88. The second-order valence-electron chi connectivity index (χ2n) is 5.85. The van der Waals surface area contributed by atoms with Gasteiger partial charge in [0.15, 0.2) is 0 Å². The third-order valence-electron chi connectivity index (χ3n) is 4.50. The molecule has 0 aliphatic carbocycles. The number of piperazine rings is 1. The smallest absolute Gasteiger partial charge is 0.222 e. The molecule has 3 saturated heterocycles. The van der Waals surface area contributed by atoms with E-state index in [1.54, 1.807) is 0 Å². The van der Waals surface area contributed by atoms with Crippen LogP contribution in [0.5, 0.6) is 0 Å². The van der Waals surface area contributed by atoms with Crippen molar-refractivity contribution in [2.45, 2.75) is 31.8 Å². The number of benzene rings is 1. The topological polar surface area (TPSA) is 23.6 Å². The zero-order valence-electron chi connectivity index (χ0n) is 12.3. The molecular formula is C17H21ClN2O. The number of carbonyl (C=O) groups excluding carboxylic acids is 1. The maximum Gasteiger partial charge on any atom is 0.222 e. The van der Waals surface area contributed by atoms with Gasteiger partial charge in [0.1, 0.15) is 0 Å². The van der Waals surface area contributed by atoms with E-state index in [1.807, 2.05) is 36.1 Å². The molecule has 3 nitrogen and oxygen atoms in total. The van der Waals surface area contributed by atoms with Crippen LogP contribution in [0.3, 0.4) is 0 Å². The van der Waals surface area contributed by atoms with Crippen LogP contribution >= 0.6 is 11.6 Å². The Balaban J connectivity index is 1.52. The number of rotatable bonds is 4. The van der Waals surface area contributed by atoms with Gasteiger partial charge in [-0.2, -0.15) is 0 Å². The number of piperidine rings is 1. The van der Waals surface area contributed by atoms with Gasteiger partial charge in [-0.1, -0.05) is 42.8 Å².